The van der Waals surface area contributed by atoms with Gasteiger partial charge in [-0.15, -0.1) is 0 Å². The standard InChI is InChI=1S/C18H17NO3/c20-17-15-11-5-4-10-14(15)16(18(21)19(17)22)12-6-9-13-7-2-1-3-8-13/h1-5,7-8,10-11,16,22H,6,9,12H2/t16-/m0/s1. The lowest BCUT2D eigenvalue weighted by atomic mass is 9.85. The Morgan fingerprint density at radius 2 is 1.64 bits per heavy atom. The van der Waals surface area contributed by atoms with Crippen LogP contribution >= 0.6 is 0 Å². The molecule has 2 aromatic rings. The summed E-state index contributed by atoms with van der Waals surface area (Å²) in [4.78, 5) is 24.1. The van der Waals surface area contributed by atoms with Crippen LogP contribution in [0.15, 0.2) is 54.6 Å². The molecular weight excluding hydrogens is 278 g/mol. The van der Waals surface area contributed by atoms with Crippen molar-refractivity contribution in [3.8, 4) is 0 Å². The number of hydroxylamine groups is 2. The van der Waals surface area contributed by atoms with E-state index in [2.05, 4.69) is 12.1 Å². The van der Waals surface area contributed by atoms with Crippen molar-refractivity contribution >= 4 is 11.8 Å². The van der Waals surface area contributed by atoms with E-state index in [9.17, 15) is 14.8 Å². The number of fused-ring (bicyclic) bond motifs is 1. The monoisotopic (exact) mass is 295 g/mol. The topological polar surface area (TPSA) is 57.6 Å². The Bertz CT molecular complexity index is 696. The van der Waals surface area contributed by atoms with Gasteiger partial charge in [-0.25, -0.2) is 0 Å². The summed E-state index contributed by atoms with van der Waals surface area (Å²) < 4.78 is 0. The molecule has 1 N–H and O–H groups in total. The van der Waals surface area contributed by atoms with Crippen LogP contribution in [0.5, 0.6) is 0 Å². The summed E-state index contributed by atoms with van der Waals surface area (Å²) >= 11 is 0. The van der Waals surface area contributed by atoms with Gasteiger partial charge in [-0.05, 0) is 36.5 Å². The van der Waals surface area contributed by atoms with E-state index in [0.29, 0.717) is 12.0 Å². The first-order valence-corrected chi connectivity index (χ1v) is 7.38. The third-order valence-corrected chi connectivity index (χ3v) is 4.07. The summed E-state index contributed by atoms with van der Waals surface area (Å²) in [6, 6.07) is 17.1. The van der Waals surface area contributed by atoms with Gasteiger partial charge in [-0.3, -0.25) is 14.8 Å². The molecule has 0 spiro atoms. The van der Waals surface area contributed by atoms with Crippen LogP contribution in [0, 0.1) is 0 Å². The number of imide groups is 1. The number of hydrogen-bond donors (Lipinski definition) is 1. The highest BCUT2D eigenvalue weighted by Crippen LogP contribution is 2.32. The van der Waals surface area contributed by atoms with Gasteiger partial charge in [0.15, 0.2) is 0 Å². The molecule has 1 heterocycles. The van der Waals surface area contributed by atoms with Crippen molar-refractivity contribution in [3.63, 3.8) is 0 Å². The molecule has 0 bridgehead atoms. The van der Waals surface area contributed by atoms with Crippen molar-refractivity contribution in [2.75, 3.05) is 0 Å². The Labute approximate surface area is 129 Å². The van der Waals surface area contributed by atoms with Crippen LogP contribution < -0.4 is 0 Å². The third-order valence-electron chi connectivity index (χ3n) is 4.07. The van der Waals surface area contributed by atoms with Crippen LogP contribution in [0.1, 0.15) is 40.2 Å². The maximum atomic E-state index is 12.2. The second-order valence-electron chi connectivity index (χ2n) is 5.47. The zero-order valence-electron chi connectivity index (χ0n) is 12.1. The lowest BCUT2D eigenvalue weighted by Crippen LogP contribution is -2.42. The third kappa shape index (κ3) is 2.65. The van der Waals surface area contributed by atoms with Crippen LogP contribution in [0.3, 0.4) is 0 Å². The Hall–Kier alpha value is -2.46. The van der Waals surface area contributed by atoms with Crippen molar-refractivity contribution in [1.82, 2.24) is 5.06 Å². The first-order valence-electron chi connectivity index (χ1n) is 7.38. The van der Waals surface area contributed by atoms with Gasteiger partial charge < -0.3 is 0 Å². The van der Waals surface area contributed by atoms with E-state index in [0.717, 1.165) is 18.4 Å². The maximum Gasteiger partial charge on any atom is 0.284 e. The van der Waals surface area contributed by atoms with Gasteiger partial charge in [-0.1, -0.05) is 48.5 Å². The van der Waals surface area contributed by atoms with Crippen LogP contribution in [0.25, 0.3) is 0 Å². The van der Waals surface area contributed by atoms with E-state index in [1.165, 1.54) is 5.56 Å². The fourth-order valence-electron chi connectivity index (χ4n) is 2.92. The Kier molecular flexibility index (Phi) is 4.02. The number of carbonyl (C=O) groups excluding carboxylic acids is 2. The predicted molar refractivity (Wildman–Crippen MR) is 81.5 cm³/mol. The Balaban J connectivity index is 1.76. The first-order chi connectivity index (χ1) is 10.7. The number of hydrogen-bond acceptors (Lipinski definition) is 3. The van der Waals surface area contributed by atoms with Crippen LogP contribution in [-0.4, -0.2) is 22.1 Å². The number of aryl methyl sites for hydroxylation is 1. The van der Waals surface area contributed by atoms with E-state index >= 15 is 0 Å². The van der Waals surface area contributed by atoms with Gasteiger partial charge in [0.05, 0.1) is 5.92 Å². The van der Waals surface area contributed by atoms with Crippen molar-refractivity contribution in [1.29, 1.82) is 0 Å². The SMILES string of the molecule is O=C1c2ccccc2[C@H](CCCc2ccccc2)C(=O)N1O. The van der Waals surface area contributed by atoms with Crippen LogP contribution in [0.4, 0.5) is 0 Å². The highest BCUT2D eigenvalue weighted by atomic mass is 16.5. The van der Waals surface area contributed by atoms with Crippen LogP contribution in [0.2, 0.25) is 0 Å². The van der Waals surface area contributed by atoms with E-state index < -0.39 is 17.7 Å². The second kappa shape index (κ2) is 6.12. The molecule has 4 nitrogen and oxygen atoms in total. The second-order valence-corrected chi connectivity index (χ2v) is 5.47. The molecule has 0 aliphatic carbocycles. The molecule has 1 aliphatic rings. The highest BCUT2D eigenvalue weighted by Gasteiger charge is 2.37. The normalized spacial score (nSPS) is 17.5. The van der Waals surface area contributed by atoms with Crippen molar-refractivity contribution in [2.45, 2.75) is 25.2 Å². The fourth-order valence-corrected chi connectivity index (χ4v) is 2.92. The number of carbonyl (C=O) groups is 2. The quantitative estimate of drug-likeness (QED) is 0.696. The van der Waals surface area contributed by atoms with Crippen molar-refractivity contribution < 1.29 is 14.8 Å². The van der Waals surface area contributed by atoms with Crippen LogP contribution in [-0.2, 0) is 11.2 Å². The molecule has 0 fully saturated rings. The molecular formula is C18H17NO3. The molecule has 0 saturated heterocycles. The molecule has 112 valence electrons. The van der Waals surface area contributed by atoms with E-state index in [4.69, 9.17) is 0 Å². The summed E-state index contributed by atoms with van der Waals surface area (Å²) in [7, 11) is 0. The van der Waals surface area contributed by atoms with E-state index in [1.807, 2.05) is 24.3 Å². The van der Waals surface area contributed by atoms with Crippen molar-refractivity contribution in [3.05, 3.63) is 71.3 Å². The van der Waals surface area contributed by atoms with Gasteiger partial charge in [0, 0.05) is 5.56 Å². The smallest absolute Gasteiger partial charge is 0.278 e. The molecule has 1 atom stereocenters. The first kappa shape index (κ1) is 14.5. The molecule has 2 aromatic carbocycles. The van der Waals surface area contributed by atoms with Gasteiger partial charge in [0.2, 0.25) is 0 Å². The Morgan fingerprint density at radius 1 is 0.955 bits per heavy atom. The summed E-state index contributed by atoms with van der Waals surface area (Å²) in [6.07, 6.45) is 2.29. The lowest BCUT2D eigenvalue weighted by molar-refractivity contribution is -0.157. The average molecular weight is 295 g/mol. The van der Waals surface area contributed by atoms with Gasteiger partial charge in [0.1, 0.15) is 0 Å². The molecule has 2 amide bonds. The number of amides is 2. The summed E-state index contributed by atoms with van der Waals surface area (Å²) in [5.41, 5.74) is 2.35. The molecule has 4 heteroatoms. The molecule has 3 rings (SSSR count). The molecule has 0 saturated carbocycles. The maximum absolute atomic E-state index is 12.2. The zero-order chi connectivity index (χ0) is 15.5. The number of benzene rings is 2. The predicted octanol–water partition coefficient (Wildman–Crippen LogP) is 3.16. The minimum absolute atomic E-state index is 0.259. The molecule has 0 aromatic heterocycles. The number of rotatable bonds is 4. The highest BCUT2D eigenvalue weighted by molar-refractivity contribution is 6.10. The lowest BCUT2D eigenvalue weighted by Gasteiger charge is -2.28. The Morgan fingerprint density at radius 3 is 2.41 bits per heavy atom. The summed E-state index contributed by atoms with van der Waals surface area (Å²) in [6.45, 7) is 0. The zero-order valence-corrected chi connectivity index (χ0v) is 12.1. The fraction of sp³-hybridized carbons (Fsp3) is 0.222. The minimum atomic E-state index is -0.639. The average Bonchev–Trinajstić information content (AvgIpc) is 2.57. The summed E-state index contributed by atoms with van der Waals surface area (Å²) in [5, 5.41) is 9.97. The molecule has 1 aliphatic heterocycles. The van der Waals surface area contributed by atoms with Gasteiger partial charge in [-0.2, -0.15) is 5.06 Å². The van der Waals surface area contributed by atoms with E-state index in [1.54, 1.807) is 18.2 Å². The number of nitrogens with zero attached hydrogens (tertiary/aromatic N) is 1. The van der Waals surface area contributed by atoms with Gasteiger partial charge >= 0.3 is 0 Å². The minimum Gasteiger partial charge on any atom is -0.278 e. The van der Waals surface area contributed by atoms with Gasteiger partial charge in [0.25, 0.3) is 11.8 Å². The van der Waals surface area contributed by atoms with E-state index in [-0.39, 0.29) is 5.06 Å². The summed E-state index contributed by atoms with van der Waals surface area (Å²) in [5.74, 6) is -1.63. The molecule has 0 radical (unpaired) electrons. The molecule has 0 unspecified atom stereocenters. The largest absolute Gasteiger partial charge is 0.284 e. The van der Waals surface area contributed by atoms with Crippen molar-refractivity contribution in [2.24, 2.45) is 0 Å². The molecule has 22 heavy (non-hydrogen) atoms.